The van der Waals surface area contributed by atoms with Crippen LogP contribution in [0.2, 0.25) is 0 Å². The Morgan fingerprint density at radius 2 is 2.25 bits per heavy atom. The maximum absolute atomic E-state index is 11.4. The molecule has 0 radical (unpaired) electrons. The molecule has 0 spiro atoms. The number of amides is 1. The van der Waals surface area contributed by atoms with Gasteiger partial charge in [0.2, 0.25) is 5.91 Å². The van der Waals surface area contributed by atoms with Gasteiger partial charge in [-0.2, -0.15) is 0 Å². The van der Waals surface area contributed by atoms with E-state index < -0.39 is 0 Å². The molecule has 1 aromatic rings. The smallest absolute Gasteiger partial charge is 0.233 e. The number of thiophene rings is 1. The van der Waals surface area contributed by atoms with Crippen molar-refractivity contribution in [2.24, 2.45) is 5.92 Å². The van der Waals surface area contributed by atoms with Crippen LogP contribution >= 0.6 is 27.3 Å². The summed E-state index contributed by atoms with van der Waals surface area (Å²) in [6.07, 6.45) is 0. The van der Waals surface area contributed by atoms with Crippen molar-refractivity contribution < 1.29 is 4.79 Å². The quantitative estimate of drug-likeness (QED) is 0.847. The molecule has 1 heterocycles. The van der Waals surface area contributed by atoms with Crippen molar-refractivity contribution >= 4 is 33.2 Å². The third kappa shape index (κ3) is 5.63. The van der Waals surface area contributed by atoms with E-state index in [9.17, 15) is 4.79 Å². The van der Waals surface area contributed by atoms with Crippen molar-refractivity contribution in [3.8, 4) is 0 Å². The molecule has 0 saturated carbocycles. The lowest BCUT2D eigenvalue weighted by Gasteiger charge is -2.07. The van der Waals surface area contributed by atoms with Crippen LogP contribution in [0.4, 0.5) is 0 Å². The molecule has 5 heteroatoms. The molecule has 1 rings (SSSR count). The van der Waals surface area contributed by atoms with Crippen LogP contribution in [0.3, 0.4) is 0 Å². The fourth-order valence-electron chi connectivity index (χ4n) is 1.13. The molecule has 0 aromatic carbocycles. The first-order chi connectivity index (χ1) is 7.58. The topological polar surface area (TPSA) is 41.1 Å². The highest BCUT2D eigenvalue weighted by Crippen LogP contribution is 2.21. The predicted molar refractivity (Wildman–Crippen MR) is 71.6 cm³/mol. The first kappa shape index (κ1) is 13.7. The van der Waals surface area contributed by atoms with Crippen molar-refractivity contribution in [2.45, 2.75) is 20.4 Å². The van der Waals surface area contributed by atoms with Gasteiger partial charge in [0, 0.05) is 18.0 Å². The highest BCUT2D eigenvalue weighted by atomic mass is 79.9. The van der Waals surface area contributed by atoms with Crippen LogP contribution in [0.1, 0.15) is 18.7 Å². The molecule has 1 aromatic heterocycles. The largest absolute Gasteiger partial charge is 0.355 e. The number of carbonyl (C=O) groups excluding carboxylic acids is 1. The van der Waals surface area contributed by atoms with E-state index in [0.29, 0.717) is 12.5 Å². The number of hydrogen-bond acceptors (Lipinski definition) is 3. The monoisotopic (exact) mass is 304 g/mol. The zero-order valence-corrected chi connectivity index (χ0v) is 12.0. The second-order valence-electron chi connectivity index (χ2n) is 4.01. The number of rotatable bonds is 6. The molecule has 90 valence electrons. The molecule has 0 unspecified atom stereocenters. The van der Waals surface area contributed by atoms with Gasteiger partial charge in [0.25, 0.3) is 0 Å². The summed E-state index contributed by atoms with van der Waals surface area (Å²) in [5, 5.41) is 5.98. The normalized spacial score (nSPS) is 10.8. The molecule has 0 saturated heterocycles. The Morgan fingerprint density at radius 1 is 1.50 bits per heavy atom. The maximum Gasteiger partial charge on any atom is 0.233 e. The van der Waals surface area contributed by atoms with Crippen molar-refractivity contribution in [1.29, 1.82) is 0 Å². The second-order valence-corrected chi connectivity index (χ2v) is 6.55. The summed E-state index contributed by atoms with van der Waals surface area (Å²) in [6.45, 7) is 6.02. The van der Waals surface area contributed by atoms with Crippen LogP contribution in [-0.2, 0) is 11.3 Å². The van der Waals surface area contributed by atoms with Crippen LogP contribution in [0.15, 0.2) is 15.9 Å². The lowest BCUT2D eigenvalue weighted by molar-refractivity contribution is -0.120. The minimum atomic E-state index is 0.0596. The summed E-state index contributed by atoms with van der Waals surface area (Å²) in [4.78, 5) is 12.6. The molecule has 0 aliphatic heterocycles. The summed E-state index contributed by atoms with van der Waals surface area (Å²) in [7, 11) is 0. The van der Waals surface area contributed by atoms with Gasteiger partial charge in [-0.05, 0) is 34.0 Å². The van der Waals surface area contributed by atoms with Gasteiger partial charge in [0.15, 0.2) is 0 Å². The fraction of sp³-hybridized carbons (Fsp3) is 0.545. The van der Waals surface area contributed by atoms with Gasteiger partial charge < -0.3 is 10.6 Å². The summed E-state index contributed by atoms with van der Waals surface area (Å²) >= 11 is 5.09. The Balaban J connectivity index is 2.13. The van der Waals surface area contributed by atoms with Gasteiger partial charge >= 0.3 is 0 Å². The zero-order chi connectivity index (χ0) is 12.0. The van der Waals surface area contributed by atoms with Gasteiger partial charge in [0.1, 0.15) is 0 Å². The Labute approximate surface area is 109 Å². The minimum absolute atomic E-state index is 0.0596. The summed E-state index contributed by atoms with van der Waals surface area (Å²) in [6, 6.07) is 4.06. The number of hydrogen-bond donors (Lipinski definition) is 2. The molecule has 3 nitrogen and oxygen atoms in total. The van der Waals surface area contributed by atoms with Gasteiger partial charge in [-0.25, -0.2) is 0 Å². The standard InChI is InChI=1S/C11H17BrN2OS/c1-8(2)5-14-11(15)7-13-6-9-3-4-10(12)16-9/h3-4,8,13H,5-7H2,1-2H3,(H,14,15). The molecule has 0 bridgehead atoms. The lowest BCUT2D eigenvalue weighted by atomic mass is 10.2. The molecule has 2 N–H and O–H groups in total. The maximum atomic E-state index is 11.4. The molecule has 0 atom stereocenters. The van der Waals surface area contributed by atoms with Crippen LogP contribution in [0.5, 0.6) is 0 Å². The van der Waals surface area contributed by atoms with Gasteiger partial charge in [-0.3, -0.25) is 4.79 Å². The number of halogens is 1. The predicted octanol–water partition coefficient (Wildman–Crippen LogP) is 2.37. The van der Waals surface area contributed by atoms with E-state index in [2.05, 4.69) is 40.4 Å². The van der Waals surface area contributed by atoms with E-state index >= 15 is 0 Å². The first-order valence-electron chi connectivity index (χ1n) is 5.29. The Bertz CT molecular complexity index is 338. The van der Waals surface area contributed by atoms with Crippen LogP contribution in [0.25, 0.3) is 0 Å². The fourth-order valence-corrected chi connectivity index (χ4v) is 2.58. The summed E-state index contributed by atoms with van der Waals surface area (Å²) in [5.41, 5.74) is 0. The Morgan fingerprint density at radius 3 is 2.81 bits per heavy atom. The number of nitrogens with one attached hydrogen (secondary N) is 2. The average Bonchev–Trinajstić information content (AvgIpc) is 2.61. The van der Waals surface area contributed by atoms with Crippen molar-refractivity contribution in [1.82, 2.24) is 10.6 Å². The summed E-state index contributed by atoms with van der Waals surface area (Å²) in [5.74, 6) is 0.557. The molecule has 0 aliphatic rings. The summed E-state index contributed by atoms with van der Waals surface area (Å²) < 4.78 is 1.12. The minimum Gasteiger partial charge on any atom is -0.355 e. The van der Waals surface area contributed by atoms with E-state index in [-0.39, 0.29) is 5.91 Å². The van der Waals surface area contributed by atoms with E-state index in [0.717, 1.165) is 16.9 Å². The van der Waals surface area contributed by atoms with Crippen LogP contribution < -0.4 is 10.6 Å². The molecular formula is C11H17BrN2OS. The average molecular weight is 305 g/mol. The molecule has 0 aliphatic carbocycles. The van der Waals surface area contributed by atoms with E-state index in [1.54, 1.807) is 11.3 Å². The number of carbonyl (C=O) groups is 1. The van der Waals surface area contributed by atoms with Crippen LogP contribution in [-0.4, -0.2) is 19.0 Å². The Kier molecular flexibility index (Phi) is 6.01. The Hall–Kier alpha value is -0.390. The van der Waals surface area contributed by atoms with Gasteiger partial charge in [-0.1, -0.05) is 13.8 Å². The van der Waals surface area contributed by atoms with Gasteiger partial charge in [0.05, 0.1) is 10.3 Å². The molecule has 0 fully saturated rings. The van der Waals surface area contributed by atoms with Crippen LogP contribution in [0, 0.1) is 5.92 Å². The molecule has 16 heavy (non-hydrogen) atoms. The van der Waals surface area contributed by atoms with Crippen molar-refractivity contribution in [3.05, 3.63) is 20.8 Å². The van der Waals surface area contributed by atoms with Crippen molar-refractivity contribution in [3.63, 3.8) is 0 Å². The molecular weight excluding hydrogens is 288 g/mol. The third-order valence-electron chi connectivity index (χ3n) is 1.92. The van der Waals surface area contributed by atoms with E-state index in [4.69, 9.17) is 0 Å². The van der Waals surface area contributed by atoms with E-state index in [1.807, 2.05) is 12.1 Å². The highest BCUT2D eigenvalue weighted by molar-refractivity contribution is 9.11. The highest BCUT2D eigenvalue weighted by Gasteiger charge is 2.02. The third-order valence-corrected chi connectivity index (χ3v) is 3.54. The van der Waals surface area contributed by atoms with E-state index in [1.165, 1.54) is 4.88 Å². The lowest BCUT2D eigenvalue weighted by Crippen LogP contribution is -2.35. The SMILES string of the molecule is CC(C)CNC(=O)CNCc1ccc(Br)s1. The second kappa shape index (κ2) is 7.04. The first-order valence-corrected chi connectivity index (χ1v) is 6.90. The zero-order valence-electron chi connectivity index (χ0n) is 9.55. The van der Waals surface area contributed by atoms with Crippen molar-refractivity contribution in [2.75, 3.05) is 13.1 Å². The molecule has 1 amide bonds. The van der Waals surface area contributed by atoms with Gasteiger partial charge in [-0.15, -0.1) is 11.3 Å².